The zero-order valence-corrected chi connectivity index (χ0v) is 13.5. The maximum atomic E-state index is 12.3. The van der Waals surface area contributed by atoms with Crippen LogP contribution < -0.4 is 0 Å². The van der Waals surface area contributed by atoms with Crippen LogP contribution in [0.3, 0.4) is 0 Å². The lowest BCUT2D eigenvalue weighted by molar-refractivity contribution is -0.134. The zero-order chi connectivity index (χ0) is 14.5. The average molecular weight is 281 g/mol. The quantitative estimate of drug-likeness (QED) is 0.782. The Labute approximate surface area is 124 Å². The van der Waals surface area contributed by atoms with Gasteiger partial charge in [-0.2, -0.15) is 0 Å². The van der Waals surface area contributed by atoms with E-state index in [0.29, 0.717) is 18.4 Å². The third-order valence-electron chi connectivity index (χ3n) is 4.46. The Morgan fingerprint density at radius 1 is 1.10 bits per heavy atom. The molecule has 1 amide bonds. The highest BCUT2D eigenvalue weighted by Crippen LogP contribution is 2.16. The number of piperazine rings is 1. The van der Waals surface area contributed by atoms with Crippen molar-refractivity contribution in [1.82, 2.24) is 14.7 Å². The van der Waals surface area contributed by atoms with Gasteiger partial charge in [-0.15, -0.1) is 0 Å². The Morgan fingerprint density at radius 3 is 2.35 bits per heavy atom. The Morgan fingerprint density at radius 2 is 1.75 bits per heavy atom. The van der Waals surface area contributed by atoms with Crippen LogP contribution in [-0.4, -0.2) is 73.0 Å². The summed E-state index contributed by atoms with van der Waals surface area (Å²) in [6.07, 6.45) is 2.45. The fourth-order valence-corrected chi connectivity index (χ4v) is 3.35. The smallest absolute Gasteiger partial charge is 0.236 e. The summed E-state index contributed by atoms with van der Waals surface area (Å²) in [6.45, 7) is 14.9. The van der Waals surface area contributed by atoms with Crippen LogP contribution in [-0.2, 0) is 4.79 Å². The summed E-state index contributed by atoms with van der Waals surface area (Å²) < 4.78 is 0. The van der Waals surface area contributed by atoms with E-state index in [2.05, 4.69) is 35.5 Å². The van der Waals surface area contributed by atoms with Gasteiger partial charge in [0, 0.05) is 45.8 Å². The molecule has 2 saturated heterocycles. The van der Waals surface area contributed by atoms with Crippen LogP contribution >= 0.6 is 0 Å². The number of likely N-dealkylation sites (tertiary alicyclic amines) is 1. The van der Waals surface area contributed by atoms with Crippen LogP contribution in [0.25, 0.3) is 0 Å². The normalized spacial score (nSPS) is 26.2. The van der Waals surface area contributed by atoms with Crippen LogP contribution in [0.15, 0.2) is 0 Å². The summed E-state index contributed by atoms with van der Waals surface area (Å²) in [5, 5.41) is 0. The second-order valence-electron chi connectivity index (χ2n) is 7.06. The van der Waals surface area contributed by atoms with E-state index < -0.39 is 0 Å². The topological polar surface area (TPSA) is 26.8 Å². The van der Waals surface area contributed by atoms with Crippen LogP contribution in [0.4, 0.5) is 0 Å². The van der Waals surface area contributed by atoms with Crippen LogP contribution in [0.1, 0.15) is 33.6 Å². The van der Waals surface area contributed by atoms with Crippen LogP contribution in [0, 0.1) is 11.8 Å². The third-order valence-corrected chi connectivity index (χ3v) is 4.46. The number of amides is 1. The molecule has 2 aliphatic rings. The van der Waals surface area contributed by atoms with Gasteiger partial charge >= 0.3 is 0 Å². The van der Waals surface area contributed by atoms with Gasteiger partial charge in [-0.3, -0.25) is 9.69 Å². The Bertz CT molecular complexity index is 311. The molecule has 0 N–H and O–H groups in total. The summed E-state index contributed by atoms with van der Waals surface area (Å²) in [7, 11) is 0. The highest BCUT2D eigenvalue weighted by atomic mass is 16.2. The Hall–Kier alpha value is -0.610. The maximum Gasteiger partial charge on any atom is 0.236 e. The van der Waals surface area contributed by atoms with Crippen molar-refractivity contribution in [1.29, 1.82) is 0 Å². The molecule has 0 aromatic carbocycles. The Kier molecular flexibility index (Phi) is 5.85. The molecule has 2 aliphatic heterocycles. The lowest BCUT2D eigenvalue weighted by Gasteiger charge is -2.37. The van der Waals surface area contributed by atoms with E-state index in [0.717, 1.165) is 45.2 Å². The van der Waals surface area contributed by atoms with E-state index in [-0.39, 0.29) is 0 Å². The summed E-state index contributed by atoms with van der Waals surface area (Å²) in [4.78, 5) is 19.3. The van der Waals surface area contributed by atoms with Gasteiger partial charge < -0.3 is 9.80 Å². The van der Waals surface area contributed by atoms with E-state index in [1.165, 1.54) is 19.4 Å². The minimum atomic E-state index is 0.342. The average Bonchev–Trinajstić information content (AvgIpc) is 2.40. The molecule has 0 radical (unpaired) electrons. The van der Waals surface area contributed by atoms with E-state index in [1.54, 1.807) is 0 Å². The molecule has 20 heavy (non-hydrogen) atoms. The first-order valence-corrected chi connectivity index (χ1v) is 8.27. The first kappa shape index (κ1) is 15.8. The van der Waals surface area contributed by atoms with Gasteiger partial charge in [0.25, 0.3) is 0 Å². The summed E-state index contributed by atoms with van der Waals surface area (Å²) in [5.74, 6) is 1.75. The molecule has 0 bridgehead atoms. The van der Waals surface area contributed by atoms with Gasteiger partial charge in [0.2, 0.25) is 5.91 Å². The fourth-order valence-electron chi connectivity index (χ4n) is 3.35. The first-order valence-electron chi connectivity index (χ1n) is 8.27. The molecular formula is C16H31N3O. The first-order chi connectivity index (χ1) is 9.54. The molecule has 0 aromatic rings. The number of piperidine rings is 1. The monoisotopic (exact) mass is 281 g/mol. The fraction of sp³-hybridized carbons (Fsp3) is 0.938. The van der Waals surface area contributed by atoms with Crippen molar-refractivity contribution in [2.45, 2.75) is 33.6 Å². The molecule has 1 atom stereocenters. The lowest BCUT2D eigenvalue weighted by Crippen LogP contribution is -2.51. The zero-order valence-electron chi connectivity index (χ0n) is 13.5. The molecule has 0 spiro atoms. The molecule has 0 aromatic heterocycles. The SMILES string of the molecule is CC(C)CN1CCN(CC(=O)N2CCCC(C)C2)CC1. The third kappa shape index (κ3) is 4.74. The van der Waals surface area contributed by atoms with E-state index >= 15 is 0 Å². The number of hydrogen-bond donors (Lipinski definition) is 0. The van der Waals surface area contributed by atoms with E-state index in [1.807, 2.05) is 0 Å². The van der Waals surface area contributed by atoms with Crippen molar-refractivity contribution in [3.8, 4) is 0 Å². The molecule has 0 aliphatic carbocycles. The molecule has 4 nitrogen and oxygen atoms in total. The van der Waals surface area contributed by atoms with Gasteiger partial charge in [0.05, 0.1) is 6.54 Å². The molecule has 2 fully saturated rings. The van der Waals surface area contributed by atoms with Crippen molar-refractivity contribution in [2.75, 3.05) is 52.4 Å². The van der Waals surface area contributed by atoms with Crippen molar-refractivity contribution in [2.24, 2.45) is 11.8 Å². The largest absolute Gasteiger partial charge is 0.341 e. The van der Waals surface area contributed by atoms with Gasteiger partial charge in [-0.1, -0.05) is 20.8 Å². The van der Waals surface area contributed by atoms with Gasteiger partial charge in [0.1, 0.15) is 0 Å². The number of nitrogens with zero attached hydrogens (tertiary/aromatic N) is 3. The minimum Gasteiger partial charge on any atom is -0.341 e. The standard InChI is InChI=1S/C16H31N3O/c1-14(2)11-17-7-9-18(10-8-17)13-16(20)19-6-4-5-15(3)12-19/h14-15H,4-13H2,1-3H3. The van der Waals surface area contributed by atoms with Crippen LogP contribution in [0.2, 0.25) is 0 Å². The van der Waals surface area contributed by atoms with Gasteiger partial charge in [-0.05, 0) is 24.7 Å². The van der Waals surface area contributed by atoms with E-state index in [4.69, 9.17) is 0 Å². The number of hydrogen-bond acceptors (Lipinski definition) is 3. The maximum absolute atomic E-state index is 12.3. The van der Waals surface area contributed by atoms with Gasteiger partial charge in [0.15, 0.2) is 0 Å². The molecule has 1 unspecified atom stereocenters. The summed E-state index contributed by atoms with van der Waals surface area (Å²) in [6, 6.07) is 0. The predicted octanol–water partition coefficient (Wildman–Crippen LogP) is 1.52. The number of rotatable bonds is 4. The van der Waals surface area contributed by atoms with Crippen molar-refractivity contribution < 1.29 is 4.79 Å². The highest BCUT2D eigenvalue weighted by molar-refractivity contribution is 5.78. The number of carbonyl (C=O) groups excluding carboxylic acids is 1. The lowest BCUT2D eigenvalue weighted by atomic mass is 10.0. The summed E-state index contributed by atoms with van der Waals surface area (Å²) in [5.41, 5.74) is 0. The Balaban J connectivity index is 1.70. The molecule has 4 heteroatoms. The predicted molar refractivity (Wildman–Crippen MR) is 82.7 cm³/mol. The minimum absolute atomic E-state index is 0.342. The summed E-state index contributed by atoms with van der Waals surface area (Å²) >= 11 is 0. The second-order valence-corrected chi connectivity index (χ2v) is 7.06. The van der Waals surface area contributed by atoms with E-state index in [9.17, 15) is 4.79 Å². The number of carbonyl (C=O) groups is 1. The molecule has 2 rings (SSSR count). The van der Waals surface area contributed by atoms with Crippen LogP contribution in [0.5, 0.6) is 0 Å². The van der Waals surface area contributed by atoms with Gasteiger partial charge in [-0.25, -0.2) is 0 Å². The molecule has 116 valence electrons. The molecule has 2 heterocycles. The molecule has 0 saturated carbocycles. The van der Waals surface area contributed by atoms with Crippen molar-refractivity contribution in [3.63, 3.8) is 0 Å². The highest BCUT2D eigenvalue weighted by Gasteiger charge is 2.24. The van der Waals surface area contributed by atoms with Crippen molar-refractivity contribution in [3.05, 3.63) is 0 Å². The van der Waals surface area contributed by atoms with Crippen molar-refractivity contribution >= 4 is 5.91 Å². The molecular weight excluding hydrogens is 250 g/mol. The second kappa shape index (κ2) is 7.41.